The Hall–Kier alpha value is -1.10. The molecule has 0 aliphatic heterocycles. The zero-order chi connectivity index (χ0) is 12.7. The van der Waals surface area contributed by atoms with Crippen molar-refractivity contribution in [3.8, 4) is 5.75 Å². The molecule has 4 heteroatoms. The van der Waals surface area contributed by atoms with Crippen molar-refractivity contribution < 1.29 is 14.9 Å². The van der Waals surface area contributed by atoms with E-state index in [1.807, 2.05) is 6.92 Å². The number of rotatable bonds is 7. The third-order valence-electron chi connectivity index (χ3n) is 2.47. The van der Waals surface area contributed by atoms with Gasteiger partial charge in [0, 0.05) is 6.54 Å². The summed E-state index contributed by atoms with van der Waals surface area (Å²) in [4.78, 5) is 0. The van der Waals surface area contributed by atoms with Crippen LogP contribution in [0.2, 0.25) is 0 Å². The average Bonchev–Trinajstić information content (AvgIpc) is 2.36. The van der Waals surface area contributed by atoms with Crippen LogP contribution in [0.5, 0.6) is 5.75 Å². The summed E-state index contributed by atoms with van der Waals surface area (Å²) in [5.74, 6) is 0.783. The number of likely N-dealkylation sites (N-methyl/N-ethyl adjacent to an activating group) is 1. The normalized spacial score (nSPS) is 14.4. The lowest BCUT2D eigenvalue weighted by Gasteiger charge is -2.18. The van der Waals surface area contributed by atoms with E-state index < -0.39 is 12.2 Å². The highest BCUT2D eigenvalue weighted by Gasteiger charge is 2.17. The highest BCUT2D eigenvalue weighted by molar-refractivity contribution is 5.29. The molecule has 3 N–H and O–H groups in total. The van der Waals surface area contributed by atoms with Crippen molar-refractivity contribution in [2.24, 2.45) is 0 Å². The highest BCUT2D eigenvalue weighted by atomic mass is 16.5. The second-order valence-corrected chi connectivity index (χ2v) is 3.99. The number of nitrogens with one attached hydrogen (secondary N) is 1. The van der Waals surface area contributed by atoms with Gasteiger partial charge in [-0.1, -0.05) is 19.1 Å². The SMILES string of the molecule is CCCOc1ccc(C(O)C(O)CNC)cc1. The molecule has 4 nitrogen and oxygen atoms in total. The molecule has 0 heterocycles. The summed E-state index contributed by atoms with van der Waals surface area (Å²) < 4.78 is 5.44. The standard InChI is InChI=1S/C13H21NO3/c1-3-8-17-11-6-4-10(5-7-11)13(16)12(15)9-14-2/h4-7,12-16H,3,8-9H2,1-2H3. The first kappa shape index (κ1) is 14.0. The van der Waals surface area contributed by atoms with Crippen LogP contribution >= 0.6 is 0 Å². The van der Waals surface area contributed by atoms with E-state index in [1.54, 1.807) is 31.3 Å². The molecule has 0 amide bonds. The fourth-order valence-electron chi connectivity index (χ4n) is 1.52. The molecular weight excluding hydrogens is 218 g/mol. The van der Waals surface area contributed by atoms with Gasteiger partial charge in [0.2, 0.25) is 0 Å². The zero-order valence-electron chi connectivity index (χ0n) is 10.4. The lowest BCUT2D eigenvalue weighted by atomic mass is 10.0. The first-order chi connectivity index (χ1) is 8.19. The van der Waals surface area contributed by atoms with Gasteiger partial charge in [0.05, 0.1) is 12.7 Å². The Morgan fingerprint density at radius 2 is 1.88 bits per heavy atom. The predicted octanol–water partition coefficient (Wildman–Crippen LogP) is 1.09. The van der Waals surface area contributed by atoms with Crippen molar-refractivity contribution in [2.75, 3.05) is 20.2 Å². The van der Waals surface area contributed by atoms with Crippen LogP contribution in [0.3, 0.4) is 0 Å². The quantitative estimate of drug-likeness (QED) is 0.666. The number of hydrogen-bond donors (Lipinski definition) is 3. The van der Waals surface area contributed by atoms with Gasteiger partial charge in [-0.2, -0.15) is 0 Å². The molecule has 0 saturated heterocycles. The van der Waals surface area contributed by atoms with Crippen molar-refractivity contribution >= 4 is 0 Å². The molecule has 0 spiro atoms. The average molecular weight is 239 g/mol. The van der Waals surface area contributed by atoms with E-state index in [0.717, 1.165) is 12.2 Å². The number of ether oxygens (including phenoxy) is 1. The first-order valence-electron chi connectivity index (χ1n) is 5.92. The summed E-state index contributed by atoms with van der Waals surface area (Å²) in [6, 6.07) is 7.16. The molecule has 2 atom stereocenters. The third-order valence-corrected chi connectivity index (χ3v) is 2.47. The third kappa shape index (κ3) is 4.34. The van der Waals surface area contributed by atoms with E-state index in [1.165, 1.54) is 0 Å². The minimum absolute atomic E-state index is 0.356. The van der Waals surface area contributed by atoms with Gasteiger partial charge in [-0.15, -0.1) is 0 Å². The van der Waals surface area contributed by atoms with Crippen LogP contribution < -0.4 is 10.1 Å². The first-order valence-corrected chi connectivity index (χ1v) is 5.92. The van der Waals surface area contributed by atoms with Crippen LogP contribution in [-0.2, 0) is 0 Å². The molecule has 0 saturated carbocycles. The summed E-state index contributed by atoms with van der Waals surface area (Å²) in [6.07, 6.45) is -0.712. The molecule has 0 aliphatic carbocycles. The van der Waals surface area contributed by atoms with Gasteiger partial charge in [-0.05, 0) is 31.2 Å². The molecule has 0 fully saturated rings. The molecule has 1 aromatic rings. The van der Waals surface area contributed by atoms with E-state index in [9.17, 15) is 10.2 Å². The second kappa shape index (κ2) is 7.27. The van der Waals surface area contributed by atoms with Gasteiger partial charge in [0.25, 0.3) is 0 Å². The van der Waals surface area contributed by atoms with Crippen LogP contribution in [0, 0.1) is 0 Å². The van der Waals surface area contributed by atoms with Gasteiger partial charge in [0.1, 0.15) is 11.9 Å². The van der Waals surface area contributed by atoms with Gasteiger partial charge in [-0.3, -0.25) is 0 Å². The minimum atomic E-state index is -0.873. The van der Waals surface area contributed by atoms with Crippen LogP contribution in [0.15, 0.2) is 24.3 Å². The van der Waals surface area contributed by atoms with E-state index in [2.05, 4.69) is 5.32 Å². The van der Waals surface area contributed by atoms with Crippen LogP contribution in [0.1, 0.15) is 25.0 Å². The van der Waals surface area contributed by atoms with Gasteiger partial charge < -0.3 is 20.3 Å². The lowest BCUT2D eigenvalue weighted by molar-refractivity contribution is 0.0202. The van der Waals surface area contributed by atoms with Crippen LogP contribution in [0.25, 0.3) is 0 Å². The fraction of sp³-hybridized carbons (Fsp3) is 0.538. The summed E-state index contributed by atoms with van der Waals surface area (Å²) >= 11 is 0. The van der Waals surface area contributed by atoms with E-state index in [4.69, 9.17) is 4.74 Å². The number of aliphatic hydroxyl groups excluding tert-OH is 2. The topological polar surface area (TPSA) is 61.7 Å². The highest BCUT2D eigenvalue weighted by Crippen LogP contribution is 2.20. The monoisotopic (exact) mass is 239 g/mol. The summed E-state index contributed by atoms with van der Waals surface area (Å²) in [5, 5.41) is 22.3. The minimum Gasteiger partial charge on any atom is -0.494 e. The van der Waals surface area contributed by atoms with Gasteiger partial charge >= 0.3 is 0 Å². The largest absolute Gasteiger partial charge is 0.494 e. The Morgan fingerprint density at radius 3 is 2.41 bits per heavy atom. The maximum atomic E-state index is 9.86. The second-order valence-electron chi connectivity index (χ2n) is 3.99. The van der Waals surface area contributed by atoms with E-state index in [-0.39, 0.29) is 0 Å². The predicted molar refractivity (Wildman–Crippen MR) is 67.1 cm³/mol. The molecule has 1 aromatic carbocycles. The van der Waals surface area contributed by atoms with Crippen molar-refractivity contribution in [1.29, 1.82) is 0 Å². The van der Waals surface area contributed by atoms with E-state index >= 15 is 0 Å². The fourth-order valence-corrected chi connectivity index (χ4v) is 1.52. The Morgan fingerprint density at radius 1 is 1.24 bits per heavy atom. The number of aliphatic hydroxyl groups is 2. The maximum absolute atomic E-state index is 9.86. The van der Waals surface area contributed by atoms with Gasteiger partial charge in [-0.25, -0.2) is 0 Å². The summed E-state index contributed by atoms with van der Waals surface area (Å²) in [6.45, 7) is 3.09. The Bertz CT molecular complexity index is 313. The van der Waals surface area contributed by atoms with Crippen molar-refractivity contribution in [1.82, 2.24) is 5.32 Å². The maximum Gasteiger partial charge on any atom is 0.119 e. The Labute approximate surface area is 102 Å². The lowest BCUT2D eigenvalue weighted by Crippen LogP contribution is -2.29. The summed E-state index contributed by atoms with van der Waals surface area (Å²) in [7, 11) is 1.73. The smallest absolute Gasteiger partial charge is 0.119 e. The molecule has 96 valence electrons. The van der Waals surface area contributed by atoms with Crippen molar-refractivity contribution in [3.63, 3.8) is 0 Å². The Balaban J connectivity index is 2.60. The molecule has 17 heavy (non-hydrogen) atoms. The molecule has 0 aliphatic rings. The molecule has 0 bridgehead atoms. The molecule has 1 rings (SSSR count). The number of hydrogen-bond acceptors (Lipinski definition) is 4. The molecule has 0 radical (unpaired) electrons. The summed E-state index contributed by atoms with van der Waals surface area (Å²) in [5.41, 5.74) is 0.691. The Kier molecular flexibility index (Phi) is 5.97. The number of benzene rings is 1. The van der Waals surface area contributed by atoms with Crippen molar-refractivity contribution in [2.45, 2.75) is 25.6 Å². The van der Waals surface area contributed by atoms with E-state index in [0.29, 0.717) is 18.7 Å². The molecule has 0 aromatic heterocycles. The molecular formula is C13H21NO3. The molecule has 2 unspecified atom stereocenters. The van der Waals surface area contributed by atoms with Crippen LogP contribution in [0.4, 0.5) is 0 Å². The van der Waals surface area contributed by atoms with Crippen LogP contribution in [-0.4, -0.2) is 36.5 Å². The van der Waals surface area contributed by atoms with Gasteiger partial charge in [0.15, 0.2) is 0 Å². The van der Waals surface area contributed by atoms with Crippen molar-refractivity contribution in [3.05, 3.63) is 29.8 Å². The zero-order valence-corrected chi connectivity index (χ0v) is 10.4.